The van der Waals surface area contributed by atoms with E-state index in [-0.39, 0.29) is 16.7 Å². The van der Waals surface area contributed by atoms with Gasteiger partial charge in [-0.15, -0.1) is 11.3 Å². The van der Waals surface area contributed by atoms with Crippen LogP contribution in [0.5, 0.6) is 0 Å². The van der Waals surface area contributed by atoms with Gasteiger partial charge in [-0.25, -0.2) is 4.68 Å². The van der Waals surface area contributed by atoms with Crippen molar-refractivity contribution in [3.8, 4) is 22.4 Å². The number of hydrogen-bond donors (Lipinski definition) is 0. The SMILES string of the molecule is CC(=Nn1c(-c2ccc(-c3ccccc3)cc2)csc1=NC(C)C)c1ccc(C)c([N+](=O)[O-])c1. The molecule has 0 saturated heterocycles. The highest BCUT2D eigenvalue weighted by Gasteiger charge is 2.14. The number of nitro benzene ring substituents is 1. The predicted molar refractivity (Wildman–Crippen MR) is 139 cm³/mol. The summed E-state index contributed by atoms with van der Waals surface area (Å²) in [7, 11) is 0. The van der Waals surface area contributed by atoms with E-state index in [4.69, 9.17) is 10.1 Å². The van der Waals surface area contributed by atoms with Gasteiger partial charge in [-0.2, -0.15) is 5.10 Å². The second-order valence-electron chi connectivity index (χ2n) is 8.33. The highest BCUT2D eigenvalue weighted by Crippen LogP contribution is 2.26. The summed E-state index contributed by atoms with van der Waals surface area (Å²) < 4.78 is 1.84. The molecule has 0 atom stereocenters. The Morgan fingerprint density at radius 3 is 2.26 bits per heavy atom. The lowest BCUT2D eigenvalue weighted by Crippen LogP contribution is -2.16. The Morgan fingerprint density at radius 1 is 0.971 bits per heavy atom. The molecule has 0 spiro atoms. The van der Waals surface area contributed by atoms with Crippen LogP contribution in [0.15, 0.2) is 88.3 Å². The second kappa shape index (κ2) is 9.97. The van der Waals surface area contributed by atoms with E-state index >= 15 is 0 Å². The molecule has 4 aromatic rings. The van der Waals surface area contributed by atoms with Crippen molar-refractivity contribution < 1.29 is 4.92 Å². The zero-order chi connectivity index (χ0) is 24.2. The van der Waals surface area contributed by atoms with Gasteiger partial charge >= 0.3 is 0 Å². The smallest absolute Gasteiger partial charge is 0.258 e. The van der Waals surface area contributed by atoms with Gasteiger partial charge in [-0.1, -0.05) is 66.7 Å². The summed E-state index contributed by atoms with van der Waals surface area (Å²) in [5.74, 6) is 0. The summed E-state index contributed by atoms with van der Waals surface area (Å²) in [6.45, 7) is 7.65. The third-order valence-electron chi connectivity index (χ3n) is 5.42. The maximum absolute atomic E-state index is 11.4. The van der Waals surface area contributed by atoms with Crippen molar-refractivity contribution in [2.45, 2.75) is 33.7 Å². The largest absolute Gasteiger partial charge is 0.272 e. The lowest BCUT2D eigenvalue weighted by Gasteiger charge is -2.08. The van der Waals surface area contributed by atoms with Crippen molar-refractivity contribution in [2.75, 3.05) is 0 Å². The Hall–Kier alpha value is -3.84. The van der Waals surface area contributed by atoms with Crippen molar-refractivity contribution in [3.05, 3.63) is 104 Å². The average molecular weight is 471 g/mol. The van der Waals surface area contributed by atoms with Crippen LogP contribution in [0, 0.1) is 17.0 Å². The minimum Gasteiger partial charge on any atom is -0.258 e. The summed E-state index contributed by atoms with van der Waals surface area (Å²) in [4.78, 5) is 16.6. The number of nitrogens with zero attached hydrogens (tertiary/aromatic N) is 4. The van der Waals surface area contributed by atoms with Crippen molar-refractivity contribution in [3.63, 3.8) is 0 Å². The van der Waals surface area contributed by atoms with Gasteiger partial charge in [0.15, 0.2) is 0 Å². The van der Waals surface area contributed by atoms with E-state index in [0.29, 0.717) is 16.8 Å². The van der Waals surface area contributed by atoms with Crippen LogP contribution >= 0.6 is 11.3 Å². The topological polar surface area (TPSA) is 72.8 Å². The molecule has 6 nitrogen and oxygen atoms in total. The van der Waals surface area contributed by atoms with Gasteiger partial charge in [-0.05, 0) is 38.8 Å². The normalized spacial score (nSPS) is 12.4. The van der Waals surface area contributed by atoms with Crippen LogP contribution in [-0.4, -0.2) is 21.4 Å². The Morgan fingerprint density at radius 2 is 1.62 bits per heavy atom. The van der Waals surface area contributed by atoms with E-state index in [1.165, 1.54) is 11.3 Å². The van der Waals surface area contributed by atoms with Crippen LogP contribution in [-0.2, 0) is 0 Å². The number of hydrogen-bond acceptors (Lipinski definition) is 5. The number of nitro groups is 1. The molecule has 0 N–H and O–H groups in total. The summed E-state index contributed by atoms with van der Waals surface area (Å²) in [6.07, 6.45) is 0. The van der Waals surface area contributed by atoms with E-state index in [0.717, 1.165) is 27.2 Å². The molecule has 0 amide bonds. The minimum atomic E-state index is -0.358. The summed E-state index contributed by atoms with van der Waals surface area (Å²) in [5, 5.41) is 18.3. The van der Waals surface area contributed by atoms with Crippen molar-refractivity contribution >= 4 is 22.7 Å². The first-order valence-electron chi connectivity index (χ1n) is 11.0. The summed E-state index contributed by atoms with van der Waals surface area (Å²) >= 11 is 1.53. The first-order valence-corrected chi connectivity index (χ1v) is 11.9. The molecule has 0 aliphatic heterocycles. The van der Waals surface area contributed by atoms with E-state index < -0.39 is 0 Å². The molecule has 7 heteroatoms. The van der Waals surface area contributed by atoms with Gasteiger partial charge in [0.25, 0.3) is 5.69 Å². The quantitative estimate of drug-likeness (QED) is 0.179. The highest BCUT2D eigenvalue weighted by atomic mass is 32.1. The molecule has 0 fully saturated rings. The average Bonchev–Trinajstić information content (AvgIpc) is 3.21. The van der Waals surface area contributed by atoms with Crippen LogP contribution in [0.2, 0.25) is 0 Å². The van der Waals surface area contributed by atoms with Gasteiger partial charge in [0.05, 0.1) is 16.3 Å². The molecule has 4 rings (SSSR count). The first-order chi connectivity index (χ1) is 16.3. The standard InChI is InChI=1S/C27H26N4O2S/c1-18(2)28-27-30(29-20(4)24-11-10-19(3)25(16-24)31(32)33)26(17-34-27)23-14-12-22(13-15-23)21-8-6-5-7-9-21/h5-18H,1-4H3. The Bertz CT molecular complexity index is 1420. The first kappa shape index (κ1) is 23.3. The Labute approximate surface area is 202 Å². The number of aryl methyl sites for hydroxylation is 1. The predicted octanol–water partition coefficient (Wildman–Crippen LogP) is 6.68. The molecule has 34 heavy (non-hydrogen) atoms. The lowest BCUT2D eigenvalue weighted by atomic mass is 10.0. The van der Waals surface area contributed by atoms with E-state index in [1.54, 1.807) is 19.1 Å². The molecular formula is C27H26N4O2S. The molecular weight excluding hydrogens is 444 g/mol. The third-order valence-corrected chi connectivity index (χ3v) is 6.25. The summed E-state index contributed by atoms with van der Waals surface area (Å²) in [6, 6.07) is 23.9. The molecule has 172 valence electrons. The zero-order valence-corrected chi connectivity index (χ0v) is 20.4. The molecule has 0 aliphatic rings. The fourth-order valence-corrected chi connectivity index (χ4v) is 4.57. The van der Waals surface area contributed by atoms with Gasteiger partial charge in [-0.3, -0.25) is 15.1 Å². The Kier molecular flexibility index (Phi) is 6.84. The fourth-order valence-electron chi connectivity index (χ4n) is 3.61. The van der Waals surface area contributed by atoms with E-state index in [2.05, 4.69) is 36.4 Å². The molecule has 0 radical (unpaired) electrons. The van der Waals surface area contributed by atoms with Crippen LogP contribution in [0.4, 0.5) is 5.69 Å². The maximum Gasteiger partial charge on any atom is 0.272 e. The van der Waals surface area contributed by atoms with Crippen LogP contribution in [0.1, 0.15) is 31.9 Å². The van der Waals surface area contributed by atoms with E-state index in [9.17, 15) is 10.1 Å². The molecule has 3 aromatic carbocycles. The number of benzene rings is 3. The van der Waals surface area contributed by atoms with Gasteiger partial charge < -0.3 is 0 Å². The van der Waals surface area contributed by atoms with Crippen molar-refractivity contribution in [2.24, 2.45) is 10.1 Å². The molecule has 0 saturated carbocycles. The molecule has 1 aromatic heterocycles. The highest BCUT2D eigenvalue weighted by molar-refractivity contribution is 7.07. The number of thiazole rings is 1. The van der Waals surface area contributed by atoms with Crippen LogP contribution in [0.25, 0.3) is 22.4 Å². The van der Waals surface area contributed by atoms with E-state index in [1.807, 2.05) is 55.1 Å². The van der Waals surface area contributed by atoms with Crippen molar-refractivity contribution in [1.82, 2.24) is 4.68 Å². The third kappa shape index (κ3) is 5.05. The van der Waals surface area contributed by atoms with Crippen LogP contribution in [0.3, 0.4) is 0 Å². The monoisotopic (exact) mass is 470 g/mol. The number of aromatic nitrogens is 1. The number of rotatable bonds is 6. The molecule has 1 heterocycles. The molecule has 0 bridgehead atoms. The maximum atomic E-state index is 11.4. The van der Waals surface area contributed by atoms with Gasteiger partial charge in [0, 0.05) is 34.2 Å². The summed E-state index contributed by atoms with van der Waals surface area (Å²) in [5.41, 5.74) is 6.34. The second-order valence-corrected chi connectivity index (χ2v) is 9.16. The lowest BCUT2D eigenvalue weighted by molar-refractivity contribution is -0.385. The molecule has 0 unspecified atom stereocenters. The van der Waals surface area contributed by atoms with Gasteiger partial charge in [0.2, 0.25) is 4.80 Å². The minimum absolute atomic E-state index is 0.0891. The zero-order valence-electron chi connectivity index (χ0n) is 19.6. The van der Waals surface area contributed by atoms with Gasteiger partial charge in [0.1, 0.15) is 0 Å². The molecule has 0 aliphatic carbocycles. The fraction of sp³-hybridized carbons (Fsp3) is 0.185. The van der Waals surface area contributed by atoms with Crippen LogP contribution < -0.4 is 4.80 Å². The van der Waals surface area contributed by atoms with Crippen molar-refractivity contribution in [1.29, 1.82) is 0 Å². The Balaban J connectivity index is 1.79.